The Labute approximate surface area is 143 Å². The molecule has 1 aromatic carbocycles. The molecule has 6 nitrogen and oxygen atoms in total. The molecule has 0 atom stereocenters. The summed E-state index contributed by atoms with van der Waals surface area (Å²) in [4.78, 5) is 0.196. The fraction of sp³-hybridized carbons (Fsp3) is 0.471. The van der Waals surface area contributed by atoms with Crippen LogP contribution < -0.4 is 0 Å². The van der Waals surface area contributed by atoms with Crippen molar-refractivity contribution in [1.82, 2.24) is 14.1 Å². The number of aromatic nitrogens is 2. The van der Waals surface area contributed by atoms with Crippen LogP contribution in [0.3, 0.4) is 0 Å². The number of nitrogens with zero attached hydrogens (tertiary/aromatic N) is 3. The van der Waals surface area contributed by atoms with Crippen LogP contribution in [0.2, 0.25) is 0 Å². The molecule has 7 heteroatoms. The number of benzene rings is 1. The Morgan fingerprint density at radius 2 is 1.83 bits per heavy atom. The van der Waals surface area contributed by atoms with Gasteiger partial charge in [-0.25, -0.2) is 8.42 Å². The van der Waals surface area contributed by atoms with Crippen molar-refractivity contribution in [2.24, 2.45) is 0 Å². The molecule has 1 N–H and O–H groups in total. The van der Waals surface area contributed by atoms with E-state index in [0.29, 0.717) is 12.2 Å². The van der Waals surface area contributed by atoms with Crippen LogP contribution in [0, 0.1) is 0 Å². The van der Waals surface area contributed by atoms with E-state index in [2.05, 4.69) is 5.10 Å². The Morgan fingerprint density at radius 3 is 2.38 bits per heavy atom. The van der Waals surface area contributed by atoms with Gasteiger partial charge in [-0.3, -0.25) is 4.68 Å². The highest BCUT2D eigenvalue weighted by atomic mass is 32.2. The average molecular weight is 351 g/mol. The number of aliphatic hydroxyl groups is 1. The van der Waals surface area contributed by atoms with Gasteiger partial charge in [-0.2, -0.15) is 9.40 Å². The molecule has 1 heterocycles. The molecule has 1 aromatic heterocycles. The lowest BCUT2D eigenvalue weighted by Crippen LogP contribution is -2.31. The van der Waals surface area contributed by atoms with Crippen LogP contribution in [0.25, 0.3) is 0 Å². The van der Waals surface area contributed by atoms with Gasteiger partial charge in [0, 0.05) is 25.2 Å². The summed E-state index contributed by atoms with van der Waals surface area (Å²) in [5.41, 5.74) is 1.17. The average Bonchev–Trinajstić information content (AvgIpc) is 2.93. The molecule has 0 aliphatic rings. The van der Waals surface area contributed by atoms with Crippen LogP contribution in [0.5, 0.6) is 0 Å². The van der Waals surface area contributed by atoms with Crippen molar-refractivity contribution in [2.75, 3.05) is 20.2 Å². The summed E-state index contributed by atoms with van der Waals surface area (Å²) < 4.78 is 28.5. The maximum absolute atomic E-state index is 12.8. The van der Waals surface area contributed by atoms with Crippen LogP contribution >= 0.6 is 0 Å². The van der Waals surface area contributed by atoms with Crippen LogP contribution in [0.15, 0.2) is 41.4 Å². The van der Waals surface area contributed by atoms with E-state index in [-0.39, 0.29) is 18.0 Å². The number of aliphatic hydroxyl groups excluding tert-OH is 1. The Balaban J connectivity index is 2.47. The fourth-order valence-corrected chi connectivity index (χ4v) is 3.90. The van der Waals surface area contributed by atoms with Crippen LogP contribution in [-0.2, 0) is 22.0 Å². The highest BCUT2D eigenvalue weighted by molar-refractivity contribution is 7.89. The minimum Gasteiger partial charge on any atom is -0.395 e. The van der Waals surface area contributed by atoms with Gasteiger partial charge in [0.1, 0.15) is 4.90 Å². The Bertz CT molecular complexity index is 777. The smallest absolute Gasteiger partial charge is 0.246 e. The van der Waals surface area contributed by atoms with E-state index in [0.717, 1.165) is 9.87 Å². The monoisotopic (exact) mass is 351 g/mol. The summed E-state index contributed by atoms with van der Waals surface area (Å²) in [5.74, 6) is 0. The zero-order valence-electron chi connectivity index (χ0n) is 14.6. The molecule has 24 heavy (non-hydrogen) atoms. The summed E-state index contributed by atoms with van der Waals surface area (Å²) in [6, 6.07) is 9.77. The second-order valence-electron chi connectivity index (χ2n) is 6.83. The predicted octanol–water partition coefficient (Wildman–Crippen LogP) is 1.84. The quantitative estimate of drug-likeness (QED) is 0.862. The van der Waals surface area contributed by atoms with Gasteiger partial charge >= 0.3 is 0 Å². The minimum absolute atomic E-state index is 0.0514. The Morgan fingerprint density at radius 1 is 1.21 bits per heavy atom. The second-order valence-corrected chi connectivity index (χ2v) is 8.84. The summed E-state index contributed by atoms with van der Waals surface area (Å²) in [7, 11) is -2.23. The lowest BCUT2D eigenvalue weighted by Gasteiger charge is -2.20. The van der Waals surface area contributed by atoms with E-state index in [1.54, 1.807) is 10.9 Å². The van der Waals surface area contributed by atoms with Gasteiger partial charge in [0.25, 0.3) is 0 Å². The van der Waals surface area contributed by atoms with Gasteiger partial charge in [-0.1, -0.05) is 51.1 Å². The summed E-state index contributed by atoms with van der Waals surface area (Å²) in [6.07, 6.45) is 1.58. The van der Waals surface area contributed by atoms with E-state index >= 15 is 0 Å². The van der Waals surface area contributed by atoms with E-state index in [9.17, 15) is 8.42 Å². The van der Waals surface area contributed by atoms with Crippen molar-refractivity contribution in [1.29, 1.82) is 0 Å². The minimum atomic E-state index is -3.70. The zero-order chi connectivity index (χ0) is 18.0. The Hall–Kier alpha value is -1.70. The maximum Gasteiger partial charge on any atom is 0.246 e. The van der Waals surface area contributed by atoms with Crippen LogP contribution in [-0.4, -0.2) is 47.8 Å². The molecule has 0 aliphatic carbocycles. The molecule has 132 valence electrons. The first-order valence-corrected chi connectivity index (χ1v) is 9.29. The number of sulfonamides is 1. The molecule has 0 aliphatic heterocycles. The van der Waals surface area contributed by atoms with Crippen molar-refractivity contribution in [3.8, 4) is 0 Å². The summed E-state index contributed by atoms with van der Waals surface area (Å²) in [6.45, 7) is 6.14. The molecule has 2 aromatic rings. The largest absolute Gasteiger partial charge is 0.395 e. The number of hydrogen-bond acceptors (Lipinski definition) is 4. The molecule has 0 saturated heterocycles. The van der Waals surface area contributed by atoms with E-state index in [1.165, 1.54) is 7.05 Å². The molecular weight excluding hydrogens is 326 g/mol. The SMILES string of the molecule is CN(CCO)S(=O)(=O)c1cn(Cc2ccccc2)nc1C(C)(C)C. The van der Waals surface area contributed by atoms with Crippen molar-refractivity contribution in [3.63, 3.8) is 0 Å². The third-order valence-electron chi connectivity index (χ3n) is 3.73. The molecule has 2 rings (SSSR count). The van der Waals surface area contributed by atoms with Gasteiger partial charge < -0.3 is 5.11 Å². The van der Waals surface area contributed by atoms with Gasteiger partial charge in [-0.05, 0) is 5.56 Å². The predicted molar refractivity (Wildman–Crippen MR) is 93.4 cm³/mol. The third kappa shape index (κ3) is 4.03. The molecule has 0 radical (unpaired) electrons. The second kappa shape index (κ2) is 7.04. The van der Waals surface area contributed by atoms with E-state index < -0.39 is 15.4 Å². The topological polar surface area (TPSA) is 75.4 Å². The first-order chi connectivity index (χ1) is 11.2. The summed E-state index contributed by atoms with van der Waals surface area (Å²) in [5, 5.41) is 13.6. The van der Waals surface area contributed by atoms with Gasteiger partial charge in [-0.15, -0.1) is 0 Å². The van der Waals surface area contributed by atoms with Crippen molar-refractivity contribution < 1.29 is 13.5 Å². The lowest BCUT2D eigenvalue weighted by atomic mass is 9.92. The highest BCUT2D eigenvalue weighted by Gasteiger charge is 2.32. The Kier molecular flexibility index (Phi) is 5.47. The standard InChI is InChI=1S/C17H25N3O3S/c1-17(2,3)16-15(24(22,23)19(4)10-11-21)13-20(18-16)12-14-8-6-5-7-9-14/h5-9,13,21H,10-12H2,1-4H3. The first kappa shape index (κ1) is 18.6. The number of likely N-dealkylation sites (N-methyl/N-ethyl adjacent to an activating group) is 1. The van der Waals surface area contributed by atoms with Gasteiger partial charge in [0.05, 0.1) is 18.8 Å². The number of rotatable bonds is 6. The first-order valence-electron chi connectivity index (χ1n) is 7.85. The summed E-state index contributed by atoms with van der Waals surface area (Å²) >= 11 is 0. The van der Waals surface area contributed by atoms with E-state index in [1.807, 2.05) is 51.1 Å². The third-order valence-corrected chi connectivity index (χ3v) is 5.59. The fourth-order valence-electron chi connectivity index (χ4n) is 2.39. The lowest BCUT2D eigenvalue weighted by molar-refractivity contribution is 0.266. The van der Waals surface area contributed by atoms with Crippen molar-refractivity contribution >= 4 is 10.0 Å². The van der Waals surface area contributed by atoms with Crippen molar-refractivity contribution in [2.45, 2.75) is 37.6 Å². The van der Waals surface area contributed by atoms with Crippen molar-refractivity contribution in [3.05, 3.63) is 47.8 Å². The zero-order valence-corrected chi connectivity index (χ0v) is 15.4. The molecule has 0 amide bonds. The van der Waals surface area contributed by atoms with Gasteiger partial charge in [0.15, 0.2) is 0 Å². The van der Waals surface area contributed by atoms with E-state index in [4.69, 9.17) is 5.11 Å². The molecule has 0 saturated carbocycles. The maximum atomic E-state index is 12.8. The number of hydrogen-bond donors (Lipinski definition) is 1. The molecule has 0 unspecified atom stereocenters. The molecular formula is C17H25N3O3S. The highest BCUT2D eigenvalue weighted by Crippen LogP contribution is 2.29. The molecule has 0 spiro atoms. The van der Waals surface area contributed by atoms with Crippen LogP contribution in [0.4, 0.5) is 0 Å². The normalized spacial score (nSPS) is 12.8. The van der Waals surface area contributed by atoms with Gasteiger partial charge in [0.2, 0.25) is 10.0 Å². The molecule has 0 bridgehead atoms. The van der Waals surface area contributed by atoms with Crippen LogP contribution in [0.1, 0.15) is 32.0 Å². The molecule has 0 fully saturated rings.